The van der Waals surface area contributed by atoms with Gasteiger partial charge in [0.25, 0.3) is 0 Å². The summed E-state index contributed by atoms with van der Waals surface area (Å²) in [6.07, 6.45) is 0. The molecule has 1 aromatic heterocycles. The Hall–Kier alpha value is -0.250. The van der Waals surface area contributed by atoms with Crippen molar-refractivity contribution in [3.63, 3.8) is 0 Å². The van der Waals surface area contributed by atoms with Crippen molar-refractivity contribution in [3.05, 3.63) is 27.5 Å². The molecule has 2 rings (SSSR count). The smallest absolute Gasteiger partial charge is 0.137 e. The monoisotopic (exact) mass is 290 g/mol. The van der Waals surface area contributed by atoms with E-state index in [1.165, 1.54) is 4.70 Å². The third-order valence-corrected chi connectivity index (χ3v) is 4.54. The number of alkyl halides is 1. The number of rotatable bonds is 2. The van der Waals surface area contributed by atoms with Crippen molar-refractivity contribution < 1.29 is 4.74 Å². The number of ether oxygens (including phenoxy) is 1. The SMILES string of the molecule is COc1csc2c(Br)c(CCl)ccc12. The zero-order valence-electron chi connectivity index (χ0n) is 7.51. The van der Waals surface area contributed by atoms with E-state index in [9.17, 15) is 0 Å². The second kappa shape index (κ2) is 4.09. The van der Waals surface area contributed by atoms with Gasteiger partial charge < -0.3 is 4.74 Å². The lowest BCUT2D eigenvalue weighted by atomic mass is 10.2. The average molecular weight is 292 g/mol. The number of methoxy groups -OCH3 is 1. The topological polar surface area (TPSA) is 9.23 Å². The average Bonchev–Trinajstić information content (AvgIpc) is 2.62. The van der Waals surface area contributed by atoms with Crippen LogP contribution in [-0.4, -0.2) is 7.11 Å². The van der Waals surface area contributed by atoms with E-state index in [0.717, 1.165) is 21.2 Å². The van der Waals surface area contributed by atoms with Crippen molar-refractivity contribution in [1.82, 2.24) is 0 Å². The maximum Gasteiger partial charge on any atom is 0.137 e. The van der Waals surface area contributed by atoms with Gasteiger partial charge in [0.15, 0.2) is 0 Å². The Morgan fingerprint density at radius 3 is 2.93 bits per heavy atom. The highest BCUT2D eigenvalue weighted by Crippen LogP contribution is 2.38. The van der Waals surface area contributed by atoms with Crippen LogP contribution in [0.4, 0.5) is 0 Å². The number of hydrogen-bond acceptors (Lipinski definition) is 2. The summed E-state index contributed by atoms with van der Waals surface area (Å²) in [6.45, 7) is 0. The molecule has 0 bridgehead atoms. The molecule has 4 heteroatoms. The summed E-state index contributed by atoms with van der Waals surface area (Å²) in [5, 5.41) is 3.14. The fraction of sp³-hybridized carbons (Fsp3) is 0.200. The first-order valence-corrected chi connectivity index (χ1v) is 6.27. The van der Waals surface area contributed by atoms with Crippen LogP contribution in [0.2, 0.25) is 0 Å². The van der Waals surface area contributed by atoms with Gasteiger partial charge in [-0.25, -0.2) is 0 Å². The molecule has 1 nitrogen and oxygen atoms in total. The van der Waals surface area contributed by atoms with E-state index in [-0.39, 0.29) is 0 Å². The van der Waals surface area contributed by atoms with Gasteiger partial charge in [-0.1, -0.05) is 6.07 Å². The number of hydrogen-bond donors (Lipinski definition) is 0. The van der Waals surface area contributed by atoms with E-state index in [2.05, 4.69) is 15.9 Å². The first-order chi connectivity index (χ1) is 6.77. The van der Waals surface area contributed by atoms with E-state index in [1.807, 2.05) is 17.5 Å². The third kappa shape index (κ3) is 1.53. The predicted octanol–water partition coefficient (Wildman–Crippen LogP) is 4.41. The second-order valence-electron chi connectivity index (χ2n) is 2.85. The molecule has 2 aromatic rings. The van der Waals surface area contributed by atoms with Gasteiger partial charge in [-0.3, -0.25) is 0 Å². The highest BCUT2D eigenvalue weighted by Gasteiger charge is 2.09. The summed E-state index contributed by atoms with van der Waals surface area (Å²) in [5.41, 5.74) is 1.11. The molecule has 0 saturated heterocycles. The fourth-order valence-electron chi connectivity index (χ4n) is 1.34. The normalized spacial score (nSPS) is 10.8. The predicted molar refractivity (Wildman–Crippen MR) is 65.6 cm³/mol. The summed E-state index contributed by atoms with van der Waals surface area (Å²) in [5.74, 6) is 1.45. The third-order valence-electron chi connectivity index (χ3n) is 2.09. The molecular formula is C10H8BrClOS. The number of benzene rings is 1. The van der Waals surface area contributed by atoms with Gasteiger partial charge in [0.2, 0.25) is 0 Å². The van der Waals surface area contributed by atoms with E-state index >= 15 is 0 Å². The molecule has 0 fully saturated rings. The molecule has 14 heavy (non-hydrogen) atoms. The van der Waals surface area contributed by atoms with E-state index < -0.39 is 0 Å². The van der Waals surface area contributed by atoms with Crippen molar-refractivity contribution in [2.75, 3.05) is 7.11 Å². The Morgan fingerprint density at radius 1 is 1.50 bits per heavy atom. The minimum atomic E-state index is 0.525. The van der Waals surface area contributed by atoms with E-state index in [1.54, 1.807) is 18.4 Å². The van der Waals surface area contributed by atoms with Crippen LogP contribution in [0.15, 0.2) is 22.0 Å². The Bertz CT molecular complexity index is 466. The van der Waals surface area contributed by atoms with Crippen LogP contribution < -0.4 is 4.74 Å². The summed E-state index contributed by atoms with van der Waals surface area (Å²) in [7, 11) is 1.69. The molecule has 0 unspecified atom stereocenters. The molecule has 0 N–H and O–H groups in total. The minimum Gasteiger partial charge on any atom is -0.495 e. The van der Waals surface area contributed by atoms with E-state index in [4.69, 9.17) is 16.3 Å². The maximum absolute atomic E-state index is 5.82. The summed E-state index contributed by atoms with van der Waals surface area (Å²) >= 11 is 11.0. The Balaban J connectivity index is 2.72. The summed E-state index contributed by atoms with van der Waals surface area (Å²) in [4.78, 5) is 0. The molecule has 0 atom stereocenters. The lowest BCUT2D eigenvalue weighted by Gasteiger charge is -2.02. The minimum absolute atomic E-state index is 0.525. The molecule has 0 aliphatic heterocycles. The molecule has 0 aliphatic carbocycles. The van der Waals surface area contributed by atoms with Gasteiger partial charge in [0.05, 0.1) is 11.8 Å². The maximum atomic E-state index is 5.82. The molecule has 0 saturated carbocycles. The van der Waals surface area contributed by atoms with E-state index in [0.29, 0.717) is 5.88 Å². The van der Waals surface area contributed by atoms with Crippen molar-refractivity contribution in [2.45, 2.75) is 5.88 Å². The molecular weight excluding hydrogens is 284 g/mol. The molecule has 74 valence electrons. The number of fused-ring (bicyclic) bond motifs is 1. The lowest BCUT2D eigenvalue weighted by molar-refractivity contribution is 0.421. The number of thiophene rings is 1. The van der Waals surface area contributed by atoms with Crippen LogP contribution in [0.25, 0.3) is 10.1 Å². The summed E-state index contributed by atoms with van der Waals surface area (Å²) < 4.78 is 7.53. The largest absolute Gasteiger partial charge is 0.495 e. The van der Waals surface area contributed by atoms with Gasteiger partial charge in [-0.05, 0) is 27.6 Å². The van der Waals surface area contributed by atoms with Crippen molar-refractivity contribution in [3.8, 4) is 5.75 Å². The van der Waals surface area contributed by atoms with Crippen LogP contribution in [0.3, 0.4) is 0 Å². The van der Waals surface area contributed by atoms with Crippen LogP contribution in [-0.2, 0) is 5.88 Å². The zero-order valence-corrected chi connectivity index (χ0v) is 10.7. The van der Waals surface area contributed by atoms with Crippen molar-refractivity contribution in [2.24, 2.45) is 0 Å². The van der Waals surface area contributed by atoms with Crippen molar-refractivity contribution >= 4 is 49.0 Å². The van der Waals surface area contributed by atoms with Gasteiger partial charge in [0, 0.05) is 21.1 Å². The lowest BCUT2D eigenvalue weighted by Crippen LogP contribution is -1.82. The highest BCUT2D eigenvalue weighted by atomic mass is 79.9. The number of halogens is 2. The summed E-state index contributed by atoms with van der Waals surface area (Å²) in [6, 6.07) is 4.07. The van der Waals surface area contributed by atoms with Crippen LogP contribution in [0.5, 0.6) is 5.75 Å². The van der Waals surface area contributed by atoms with Crippen LogP contribution in [0.1, 0.15) is 5.56 Å². The van der Waals surface area contributed by atoms with Gasteiger partial charge in [-0.15, -0.1) is 22.9 Å². The van der Waals surface area contributed by atoms with Crippen LogP contribution in [0, 0.1) is 0 Å². The fourth-order valence-corrected chi connectivity index (χ4v) is 3.47. The molecule has 0 amide bonds. The zero-order chi connectivity index (χ0) is 10.1. The Kier molecular flexibility index (Phi) is 3.00. The Labute approximate surface area is 99.8 Å². The first kappa shape index (κ1) is 10.3. The molecule has 1 aromatic carbocycles. The van der Waals surface area contributed by atoms with Gasteiger partial charge >= 0.3 is 0 Å². The van der Waals surface area contributed by atoms with Gasteiger partial charge in [-0.2, -0.15) is 0 Å². The first-order valence-electron chi connectivity index (χ1n) is 4.06. The highest BCUT2D eigenvalue weighted by molar-refractivity contribution is 9.10. The van der Waals surface area contributed by atoms with Crippen LogP contribution >= 0.6 is 38.9 Å². The second-order valence-corrected chi connectivity index (χ2v) is 4.79. The Morgan fingerprint density at radius 2 is 2.29 bits per heavy atom. The van der Waals surface area contributed by atoms with Crippen molar-refractivity contribution in [1.29, 1.82) is 0 Å². The quantitative estimate of drug-likeness (QED) is 0.745. The molecule has 0 radical (unpaired) electrons. The standard InChI is InChI=1S/C10H8BrClOS/c1-13-8-5-14-10-7(8)3-2-6(4-12)9(10)11/h2-3,5H,4H2,1H3. The molecule has 1 heterocycles. The molecule has 0 aliphatic rings. The van der Waals surface area contributed by atoms with Gasteiger partial charge in [0.1, 0.15) is 5.75 Å². The molecule has 0 spiro atoms.